The van der Waals surface area contributed by atoms with Crippen LogP contribution in [0.15, 0.2) is 12.3 Å². The highest BCUT2D eigenvalue weighted by Gasteiger charge is 2.49. The standard InChI is InChI=1S/C15H23N5O3/c1-5-15(6-2)13(22)19(14(23)18-15)9-12(21)17-11-7-8-16-20(11)10(3)4/h7-8,10H,5-6,9H2,1-4H3,(H,17,21)(H,18,23). The molecule has 8 nitrogen and oxygen atoms in total. The first kappa shape index (κ1) is 17.0. The predicted octanol–water partition coefficient (Wildman–Crippen LogP) is 1.51. The minimum Gasteiger partial charge on any atom is -0.323 e. The van der Waals surface area contributed by atoms with Gasteiger partial charge in [-0.1, -0.05) is 13.8 Å². The van der Waals surface area contributed by atoms with E-state index in [1.54, 1.807) is 16.9 Å². The number of anilines is 1. The molecule has 126 valence electrons. The third kappa shape index (κ3) is 3.06. The zero-order valence-electron chi connectivity index (χ0n) is 13.9. The minimum absolute atomic E-state index is 0.0878. The normalized spacial score (nSPS) is 16.8. The quantitative estimate of drug-likeness (QED) is 0.776. The zero-order chi connectivity index (χ0) is 17.2. The molecule has 1 aromatic heterocycles. The molecule has 2 rings (SSSR count). The maximum Gasteiger partial charge on any atom is 0.325 e. The van der Waals surface area contributed by atoms with Gasteiger partial charge in [-0.25, -0.2) is 9.48 Å². The Morgan fingerprint density at radius 3 is 2.52 bits per heavy atom. The van der Waals surface area contributed by atoms with Crippen molar-refractivity contribution < 1.29 is 14.4 Å². The SMILES string of the molecule is CCC1(CC)NC(=O)N(CC(=O)Nc2ccnn2C(C)C)C1=O. The summed E-state index contributed by atoms with van der Waals surface area (Å²) < 4.78 is 1.66. The van der Waals surface area contributed by atoms with Gasteiger partial charge in [0.15, 0.2) is 0 Å². The number of carbonyl (C=O) groups excluding carboxylic acids is 3. The molecule has 8 heteroatoms. The number of hydrogen-bond acceptors (Lipinski definition) is 4. The summed E-state index contributed by atoms with van der Waals surface area (Å²) in [5.41, 5.74) is -0.892. The summed E-state index contributed by atoms with van der Waals surface area (Å²) >= 11 is 0. The van der Waals surface area contributed by atoms with Gasteiger partial charge in [0.25, 0.3) is 5.91 Å². The first-order valence-electron chi connectivity index (χ1n) is 7.82. The van der Waals surface area contributed by atoms with Crippen molar-refractivity contribution in [1.82, 2.24) is 20.0 Å². The summed E-state index contributed by atoms with van der Waals surface area (Å²) in [5, 5.41) is 9.51. The Hall–Kier alpha value is -2.38. The Balaban J connectivity index is 2.07. The summed E-state index contributed by atoms with van der Waals surface area (Å²) in [7, 11) is 0. The third-order valence-corrected chi connectivity index (χ3v) is 4.18. The molecule has 1 saturated heterocycles. The molecule has 23 heavy (non-hydrogen) atoms. The lowest BCUT2D eigenvalue weighted by molar-refractivity contribution is -0.134. The van der Waals surface area contributed by atoms with E-state index < -0.39 is 17.5 Å². The fourth-order valence-corrected chi connectivity index (χ4v) is 2.70. The molecule has 1 aliphatic rings. The Bertz CT molecular complexity index is 618. The van der Waals surface area contributed by atoms with Gasteiger partial charge in [0, 0.05) is 12.1 Å². The Kier molecular flexibility index (Phi) is 4.72. The smallest absolute Gasteiger partial charge is 0.323 e. The Morgan fingerprint density at radius 1 is 1.35 bits per heavy atom. The van der Waals surface area contributed by atoms with Crippen LogP contribution < -0.4 is 10.6 Å². The van der Waals surface area contributed by atoms with Crippen molar-refractivity contribution in [1.29, 1.82) is 0 Å². The number of nitrogens with zero attached hydrogens (tertiary/aromatic N) is 3. The highest BCUT2D eigenvalue weighted by Crippen LogP contribution is 2.24. The van der Waals surface area contributed by atoms with Crippen molar-refractivity contribution in [3.8, 4) is 0 Å². The summed E-state index contributed by atoms with van der Waals surface area (Å²) in [6.07, 6.45) is 2.57. The Labute approximate surface area is 135 Å². The summed E-state index contributed by atoms with van der Waals surface area (Å²) in [6, 6.07) is 1.24. The van der Waals surface area contributed by atoms with Crippen LogP contribution in [0.2, 0.25) is 0 Å². The summed E-state index contributed by atoms with van der Waals surface area (Å²) in [4.78, 5) is 37.7. The molecule has 0 aromatic carbocycles. The topological polar surface area (TPSA) is 96.3 Å². The van der Waals surface area contributed by atoms with Crippen LogP contribution in [0, 0.1) is 0 Å². The number of nitrogens with one attached hydrogen (secondary N) is 2. The van der Waals surface area contributed by atoms with E-state index in [2.05, 4.69) is 15.7 Å². The van der Waals surface area contributed by atoms with E-state index >= 15 is 0 Å². The number of urea groups is 1. The van der Waals surface area contributed by atoms with E-state index in [0.717, 1.165) is 4.90 Å². The number of hydrogen-bond donors (Lipinski definition) is 2. The first-order chi connectivity index (χ1) is 10.8. The summed E-state index contributed by atoms with van der Waals surface area (Å²) in [6.45, 7) is 7.25. The second-order valence-corrected chi connectivity index (χ2v) is 5.91. The molecule has 0 radical (unpaired) electrons. The van der Waals surface area contributed by atoms with Gasteiger partial charge in [0.1, 0.15) is 17.9 Å². The fourth-order valence-electron chi connectivity index (χ4n) is 2.70. The molecule has 4 amide bonds. The minimum atomic E-state index is -0.892. The molecule has 0 spiro atoms. The molecular weight excluding hydrogens is 298 g/mol. The van der Waals surface area contributed by atoms with Crippen LogP contribution in [0.1, 0.15) is 46.6 Å². The van der Waals surface area contributed by atoms with Crippen molar-refractivity contribution in [2.45, 2.75) is 52.1 Å². The van der Waals surface area contributed by atoms with Crippen LogP contribution >= 0.6 is 0 Å². The molecule has 0 bridgehead atoms. The van der Waals surface area contributed by atoms with Gasteiger partial charge in [-0.3, -0.25) is 14.5 Å². The largest absolute Gasteiger partial charge is 0.325 e. The summed E-state index contributed by atoms with van der Waals surface area (Å²) in [5.74, 6) is -0.242. The van der Waals surface area contributed by atoms with E-state index in [1.807, 2.05) is 27.7 Å². The van der Waals surface area contributed by atoms with Crippen LogP contribution in [0.4, 0.5) is 10.6 Å². The number of aromatic nitrogens is 2. The van der Waals surface area contributed by atoms with Crippen molar-refractivity contribution in [3.05, 3.63) is 12.3 Å². The molecule has 0 atom stereocenters. The van der Waals surface area contributed by atoms with Crippen LogP contribution in [0.25, 0.3) is 0 Å². The van der Waals surface area contributed by atoms with Gasteiger partial charge >= 0.3 is 6.03 Å². The molecule has 2 heterocycles. The van der Waals surface area contributed by atoms with E-state index in [4.69, 9.17) is 0 Å². The van der Waals surface area contributed by atoms with Gasteiger partial charge in [0.05, 0.1) is 6.20 Å². The number of amides is 4. The molecular formula is C15H23N5O3. The molecule has 0 saturated carbocycles. The second kappa shape index (κ2) is 6.39. The Morgan fingerprint density at radius 2 is 2.00 bits per heavy atom. The van der Waals surface area contributed by atoms with E-state index in [0.29, 0.717) is 18.7 Å². The van der Waals surface area contributed by atoms with Gasteiger partial charge < -0.3 is 10.6 Å². The molecule has 1 aromatic rings. The highest BCUT2D eigenvalue weighted by molar-refractivity contribution is 6.10. The average Bonchev–Trinajstić information content (AvgIpc) is 3.05. The second-order valence-electron chi connectivity index (χ2n) is 5.91. The maximum absolute atomic E-state index is 12.5. The van der Waals surface area contributed by atoms with Gasteiger partial charge in [-0.2, -0.15) is 5.10 Å². The number of imide groups is 1. The monoisotopic (exact) mass is 321 g/mol. The number of rotatable bonds is 6. The van der Waals surface area contributed by atoms with Crippen molar-refractivity contribution >= 4 is 23.7 Å². The molecule has 1 aliphatic heterocycles. The van der Waals surface area contributed by atoms with Gasteiger partial charge in [0.2, 0.25) is 5.91 Å². The predicted molar refractivity (Wildman–Crippen MR) is 84.8 cm³/mol. The lowest BCUT2D eigenvalue weighted by atomic mass is 9.93. The lowest BCUT2D eigenvalue weighted by Crippen LogP contribution is -2.46. The lowest BCUT2D eigenvalue weighted by Gasteiger charge is -2.23. The maximum atomic E-state index is 12.5. The van der Waals surface area contributed by atoms with E-state index in [9.17, 15) is 14.4 Å². The molecule has 0 aliphatic carbocycles. The average molecular weight is 321 g/mol. The van der Waals surface area contributed by atoms with Gasteiger partial charge in [-0.05, 0) is 26.7 Å². The van der Waals surface area contributed by atoms with Crippen molar-refractivity contribution in [3.63, 3.8) is 0 Å². The van der Waals surface area contributed by atoms with Crippen LogP contribution in [0.3, 0.4) is 0 Å². The van der Waals surface area contributed by atoms with Crippen molar-refractivity contribution in [2.75, 3.05) is 11.9 Å². The first-order valence-corrected chi connectivity index (χ1v) is 7.82. The van der Waals surface area contributed by atoms with Crippen molar-refractivity contribution in [2.24, 2.45) is 0 Å². The van der Waals surface area contributed by atoms with Gasteiger partial charge in [-0.15, -0.1) is 0 Å². The fraction of sp³-hybridized carbons (Fsp3) is 0.600. The zero-order valence-corrected chi connectivity index (χ0v) is 13.9. The molecule has 2 N–H and O–H groups in total. The number of carbonyl (C=O) groups is 3. The van der Waals surface area contributed by atoms with E-state index in [1.165, 1.54) is 0 Å². The third-order valence-electron chi connectivity index (χ3n) is 4.18. The molecule has 0 unspecified atom stereocenters. The van der Waals surface area contributed by atoms with Crippen LogP contribution in [0.5, 0.6) is 0 Å². The van der Waals surface area contributed by atoms with E-state index in [-0.39, 0.29) is 18.5 Å². The molecule has 1 fully saturated rings. The van der Waals surface area contributed by atoms with Crippen LogP contribution in [-0.2, 0) is 9.59 Å². The van der Waals surface area contributed by atoms with Crippen LogP contribution in [-0.4, -0.2) is 44.6 Å². The highest BCUT2D eigenvalue weighted by atomic mass is 16.2.